The van der Waals surface area contributed by atoms with Gasteiger partial charge in [0.2, 0.25) is 0 Å². The van der Waals surface area contributed by atoms with Crippen LogP contribution in [0.15, 0.2) is 43.7 Å². The molecule has 2 aliphatic heterocycles. The molecule has 0 bridgehead atoms. The van der Waals surface area contributed by atoms with Gasteiger partial charge in [0.1, 0.15) is 36.6 Å². The van der Waals surface area contributed by atoms with E-state index in [4.69, 9.17) is 14.0 Å². The second kappa shape index (κ2) is 46.7. The van der Waals surface area contributed by atoms with Crippen molar-refractivity contribution in [2.75, 3.05) is 72.1 Å². The lowest BCUT2D eigenvalue weighted by Gasteiger charge is -2.21. The molecule has 489 valence electrons. The molecule has 2 aliphatic rings. The van der Waals surface area contributed by atoms with Gasteiger partial charge < -0.3 is 63.8 Å². The third-order valence-corrected chi connectivity index (χ3v) is 17.4. The highest BCUT2D eigenvalue weighted by Gasteiger charge is 2.47. The van der Waals surface area contributed by atoms with Gasteiger partial charge in [-0.25, -0.2) is 23.0 Å². The lowest BCUT2D eigenvalue weighted by molar-refractivity contribution is -0.0544. The fourth-order valence-electron chi connectivity index (χ4n) is 8.48. The number of aliphatic hydroxyl groups excluding tert-OH is 4. The molecule has 2 aromatic rings. The number of H-pyrrole nitrogens is 2. The highest BCUT2D eigenvalue weighted by Crippen LogP contribution is 2.65. The van der Waals surface area contributed by atoms with Crippen molar-refractivity contribution in [3.63, 3.8) is 0 Å². The van der Waals surface area contributed by atoms with Gasteiger partial charge in [-0.05, 0) is 117 Å². The number of nitrogens with zero attached hydrogens (tertiary/aromatic N) is 5. The van der Waals surface area contributed by atoms with Crippen molar-refractivity contribution in [2.24, 2.45) is 0 Å². The number of aromatic amines is 2. The number of hydrogen-bond acceptors (Lipinski definition) is 20. The number of ether oxygens (including phenoxy) is 2. The Bertz CT molecular complexity index is 2210. The lowest BCUT2D eigenvalue weighted by atomic mass is 10.1. The summed E-state index contributed by atoms with van der Waals surface area (Å²) >= 11 is 0. The Labute approximate surface area is 501 Å². The largest absolute Gasteiger partial charge is 0.487 e. The summed E-state index contributed by atoms with van der Waals surface area (Å²) in [6, 6.07) is 1.86. The minimum Gasteiger partial charge on any atom is -0.387 e. The summed E-state index contributed by atoms with van der Waals surface area (Å²) in [6.07, 6.45) is 13.0. The number of hydrogen-bond donors (Lipinski definition) is 9. The van der Waals surface area contributed by atoms with Crippen LogP contribution in [0.2, 0.25) is 0 Å². The van der Waals surface area contributed by atoms with Crippen molar-refractivity contribution < 1.29 is 71.4 Å². The second-order valence-electron chi connectivity index (χ2n) is 20.8. The van der Waals surface area contributed by atoms with Gasteiger partial charge in [0.15, 0.2) is 12.5 Å². The van der Waals surface area contributed by atoms with Crippen LogP contribution in [0.5, 0.6) is 0 Å². The summed E-state index contributed by atoms with van der Waals surface area (Å²) in [6.45, 7) is 30.5. The molecule has 0 aliphatic carbocycles. The zero-order valence-corrected chi connectivity index (χ0v) is 54.3. The maximum Gasteiger partial charge on any atom is 0.487 e. The molecule has 0 aromatic carbocycles. The monoisotopic (exact) mass is 1260 g/mol. The molecule has 26 nitrogen and oxygen atoms in total. The summed E-state index contributed by atoms with van der Waals surface area (Å²) in [5, 5.41) is 40.7. The SMILES string of the molecule is CCCCN(CCCC)CCCC.CCCCN(CCCC)CCCC.CCCCN(CCCC)CCCC.O=c1ccn([C@@H]2O[C@H](CO[P@@](O)OP(=O)(O)OP(=O)(O)OC[C@H]3O[C@@H](n4ccc(=O)[nH]c4=O)[C@H](O)[C@@H]3O)[C@@H](O)[C@H]2O)c(=O)[nH]1.[B]. The molecule has 2 fully saturated rings. The Kier molecular flexibility index (Phi) is 45.4. The predicted molar refractivity (Wildman–Crippen MR) is 327 cm³/mol. The molecular weight excluding hydrogens is 1150 g/mol. The standard InChI is InChI=1S/C18H25N4O19P3.3C12H27N.B/c23-9-1-3-21(17(29)19-9)15-13(27)11(25)7(38-15)5-36-42(31)40-44(34,35)41-43(32,33)37-6-8-12(26)14(28)16(39-8)22-4-2-10(24)20-18(22)30;3*1-4-7-10-13(11-8-5-2)12-9-6-3;/h1-4,7-8,11-16,25-28,31H,5-6H2,(H,32,33)(H,34,35)(H,19,23,29)(H,20,24,30);3*4-12H2,1-3H3;/t7-,8-,11-,12-,13-,14-,15-,16-,42-;;;;/m1..../s1. The topological polar surface area (TPSA) is 351 Å². The Morgan fingerprint density at radius 1 is 0.500 bits per heavy atom. The van der Waals surface area contributed by atoms with E-state index in [0.717, 1.165) is 29.1 Å². The summed E-state index contributed by atoms with van der Waals surface area (Å²) in [5.41, 5.74) is -3.50. The Morgan fingerprint density at radius 2 is 0.786 bits per heavy atom. The van der Waals surface area contributed by atoms with Crippen LogP contribution in [-0.2, 0) is 36.3 Å². The summed E-state index contributed by atoms with van der Waals surface area (Å²) < 4.78 is 54.0. The van der Waals surface area contributed by atoms with E-state index < -0.39 is 109 Å². The number of aliphatic hydroxyl groups is 4. The van der Waals surface area contributed by atoms with Crippen molar-refractivity contribution in [1.82, 2.24) is 33.8 Å². The zero-order chi connectivity index (χ0) is 62.4. The van der Waals surface area contributed by atoms with Crippen molar-refractivity contribution >= 4 is 32.7 Å². The molecule has 9 N–H and O–H groups in total. The van der Waals surface area contributed by atoms with Gasteiger partial charge in [-0.3, -0.25) is 33.2 Å². The van der Waals surface area contributed by atoms with Crippen LogP contribution in [0.4, 0.5) is 0 Å². The summed E-state index contributed by atoms with van der Waals surface area (Å²) in [4.78, 5) is 87.5. The molecule has 4 rings (SSSR count). The maximum absolute atomic E-state index is 12.2. The normalized spacial score (nSPS) is 22.0. The van der Waals surface area contributed by atoms with E-state index in [1.807, 2.05) is 9.97 Å². The number of rotatable bonds is 39. The van der Waals surface area contributed by atoms with Crippen molar-refractivity contribution in [3.8, 4) is 0 Å². The molecule has 2 aromatic heterocycles. The molecule has 0 spiro atoms. The van der Waals surface area contributed by atoms with Gasteiger partial charge in [-0.1, -0.05) is 120 Å². The fraction of sp³-hybridized carbons (Fsp3) is 0.852. The average molecular weight is 1260 g/mol. The molecule has 2 saturated heterocycles. The lowest BCUT2D eigenvalue weighted by Crippen LogP contribution is -2.37. The number of phosphoric ester groups is 1. The van der Waals surface area contributed by atoms with Gasteiger partial charge in [-0.2, -0.15) is 4.31 Å². The first-order valence-electron chi connectivity index (χ1n) is 30.2. The van der Waals surface area contributed by atoms with Gasteiger partial charge in [0.25, 0.3) is 11.1 Å². The van der Waals surface area contributed by atoms with E-state index in [1.54, 1.807) is 0 Å². The predicted octanol–water partition coefficient (Wildman–Crippen LogP) is 6.50. The van der Waals surface area contributed by atoms with Crippen LogP contribution in [0, 0.1) is 0 Å². The Balaban J connectivity index is 0.00000140. The third-order valence-electron chi connectivity index (χ3n) is 13.5. The van der Waals surface area contributed by atoms with E-state index >= 15 is 0 Å². The van der Waals surface area contributed by atoms with Crippen molar-refractivity contribution in [3.05, 3.63) is 66.2 Å². The Morgan fingerprint density at radius 3 is 1.06 bits per heavy atom. The molecule has 11 atom stereocenters. The van der Waals surface area contributed by atoms with Crippen LogP contribution in [0.1, 0.15) is 190 Å². The van der Waals surface area contributed by atoms with Crippen molar-refractivity contribution in [1.29, 1.82) is 0 Å². The van der Waals surface area contributed by atoms with Crippen LogP contribution in [-0.4, -0.2) is 186 Å². The highest BCUT2D eigenvalue weighted by atomic mass is 31.3. The molecule has 30 heteroatoms. The summed E-state index contributed by atoms with van der Waals surface area (Å²) in [7, 11) is -14.5. The van der Waals surface area contributed by atoms with Gasteiger partial charge in [-0.15, -0.1) is 0 Å². The first-order chi connectivity index (χ1) is 39.5. The van der Waals surface area contributed by atoms with Gasteiger partial charge >= 0.3 is 35.6 Å². The number of unbranched alkanes of at least 4 members (excludes halogenated alkanes) is 9. The van der Waals surface area contributed by atoms with E-state index in [9.17, 15) is 63.4 Å². The van der Waals surface area contributed by atoms with Gasteiger partial charge in [0, 0.05) is 32.9 Å². The van der Waals surface area contributed by atoms with Crippen LogP contribution in [0.3, 0.4) is 0 Å². The van der Waals surface area contributed by atoms with E-state index in [1.165, 1.54) is 174 Å². The molecule has 4 heterocycles. The molecule has 0 amide bonds. The number of nitrogens with one attached hydrogen (secondary N) is 2. The van der Waals surface area contributed by atoms with E-state index in [2.05, 4.69) is 90.2 Å². The molecule has 84 heavy (non-hydrogen) atoms. The van der Waals surface area contributed by atoms with E-state index in [-0.39, 0.29) is 8.41 Å². The zero-order valence-electron chi connectivity index (χ0n) is 51.6. The van der Waals surface area contributed by atoms with Crippen LogP contribution in [0.25, 0.3) is 0 Å². The third kappa shape index (κ3) is 33.3. The second-order valence-corrected chi connectivity index (χ2v) is 24.9. The average Bonchev–Trinajstić information content (AvgIpc) is 3.78. The van der Waals surface area contributed by atoms with Crippen molar-refractivity contribution in [2.45, 2.75) is 227 Å². The minimum atomic E-state index is -5.64. The first-order valence-corrected chi connectivity index (χ1v) is 34.3. The molecule has 2 unspecified atom stereocenters. The molecular formula is C54H106BN7O19P3. The highest BCUT2D eigenvalue weighted by molar-refractivity contribution is 7.65. The number of aromatic nitrogens is 4. The van der Waals surface area contributed by atoms with Crippen LogP contribution >= 0.6 is 24.2 Å². The van der Waals surface area contributed by atoms with Gasteiger partial charge in [0.05, 0.1) is 13.2 Å². The smallest absolute Gasteiger partial charge is 0.387 e. The van der Waals surface area contributed by atoms with Crippen LogP contribution < -0.4 is 22.5 Å². The molecule has 3 radical (unpaired) electrons. The quantitative estimate of drug-likeness (QED) is 0.0255. The fourth-order valence-corrected chi connectivity index (χ4v) is 11.6. The molecule has 0 saturated carbocycles. The maximum atomic E-state index is 12.2. The first kappa shape index (κ1) is 81.7. The Hall–Kier alpha value is -2.33. The van der Waals surface area contributed by atoms with E-state index in [0.29, 0.717) is 4.57 Å². The number of phosphoric acid groups is 2. The summed E-state index contributed by atoms with van der Waals surface area (Å²) in [5.74, 6) is 0. The minimum absolute atomic E-state index is 0.